The molecule has 2 N–H and O–H groups in total. The molecule has 1 aliphatic heterocycles. The SMILES string of the molecule is O=C(CN1CCOC2CCCCC21)Nc1ccccc1C(=O)NC1CCCC1. The first-order chi connectivity index (χ1) is 13.7. The fraction of sp³-hybridized carbons (Fsp3) is 0.636. The minimum Gasteiger partial charge on any atom is -0.375 e. The lowest BCUT2D eigenvalue weighted by atomic mass is 9.90. The van der Waals surface area contributed by atoms with Gasteiger partial charge in [-0.3, -0.25) is 14.5 Å². The standard InChI is InChI=1S/C22H31N3O3/c26-21(15-25-13-14-28-20-12-6-5-11-19(20)25)24-18-10-4-3-9-17(18)22(27)23-16-7-1-2-8-16/h3-4,9-10,16,19-20H,1-2,5-8,11-15H2,(H,23,27)(H,24,26). The van der Waals surface area contributed by atoms with Gasteiger partial charge in [0.05, 0.1) is 30.5 Å². The van der Waals surface area contributed by atoms with E-state index in [9.17, 15) is 9.59 Å². The van der Waals surface area contributed by atoms with E-state index < -0.39 is 0 Å². The van der Waals surface area contributed by atoms with Gasteiger partial charge in [-0.25, -0.2) is 0 Å². The fourth-order valence-electron chi connectivity index (χ4n) is 4.87. The van der Waals surface area contributed by atoms with Crippen LogP contribution in [0.25, 0.3) is 0 Å². The number of carbonyl (C=O) groups excluding carboxylic acids is 2. The molecule has 2 atom stereocenters. The largest absolute Gasteiger partial charge is 0.375 e. The number of morpholine rings is 1. The van der Waals surface area contributed by atoms with E-state index in [1.165, 1.54) is 25.7 Å². The van der Waals surface area contributed by atoms with Gasteiger partial charge >= 0.3 is 0 Å². The van der Waals surface area contributed by atoms with Gasteiger partial charge in [0.1, 0.15) is 0 Å². The number of hydrogen-bond donors (Lipinski definition) is 2. The van der Waals surface area contributed by atoms with Crippen LogP contribution in [0.5, 0.6) is 0 Å². The van der Waals surface area contributed by atoms with E-state index in [0.717, 1.165) is 32.2 Å². The molecule has 0 radical (unpaired) electrons. The van der Waals surface area contributed by atoms with Crippen LogP contribution in [0, 0.1) is 0 Å². The molecule has 6 heteroatoms. The molecule has 0 spiro atoms. The lowest BCUT2D eigenvalue weighted by Crippen LogP contribution is -2.54. The highest BCUT2D eigenvalue weighted by Gasteiger charge is 2.35. The first-order valence-electron chi connectivity index (χ1n) is 10.8. The molecule has 152 valence electrons. The zero-order valence-corrected chi connectivity index (χ0v) is 16.5. The van der Waals surface area contributed by atoms with Crippen LogP contribution in [0.15, 0.2) is 24.3 Å². The Kier molecular flexibility index (Phi) is 6.27. The lowest BCUT2D eigenvalue weighted by molar-refractivity contribution is -0.124. The second-order valence-electron chi connectivity index (χ2n) is 8.28. The zero-order chi connectivity index (χ0) is 19.3. The maximum atomic E-state index is 12.7. The van der Waals surface area contributed by atoms with Crippen LogP contribution in [-0.4, -0.2) is 54.6 Å². The van der Waals surface area contributed by atoms with Crippen molar-refractivity contribution in [1.82, 2.24) is 10.2 Å². The van der Waals surface area contributed by atoms with E-state index in [2.05, 4.69) is 15.5 Å². The second-order valence-corrected chi connectivity index (χ2v) is 8.28. The van der Waals surface area contributed by atoms with Crippen molar-refractivity contribution in [2.75, 3.05) is 25.0 Å². The Hall–Kier alpha value is -1.92. The van der Waals surface area contributed by atoms with Gasteiger partial charge in [-0.1, -0.05) is 37.8 Å². The molecule has 28 heavy (non-hydrogen) atoms. The summed E-state index contributed by atoms with van der Waals surface area (Å²) >= 11 is 0. The molecule has 3 aliphatic rings. The summed E-state index contributed by atoms with van der Waals surface area (Å²) in [6.45, 7) is 1.83. The topological polar surface area (TPSA) is 70.7 Å². The molecule has 2 unspecified atom stereocenters. The van der Waals surface area contributed by atoms with Crippen molar-refractivity contribution >= 4 is 17.5 Å². The molecule has 0 aromatic heterocycles. The Morgan fingerprint density at radius 3 is 2.64 bits per heavy atom. The molecule has 3 fully saturated rings. The number of fused-ring (bicyclic) bond motifs is 1. The molecule has 6 nitrogen and oxygen atoms in total. The highest BCUT2D eigenvalue weighted by molar-refractivity contribution is 6.04. The number of anilines is 1. The maximum absolute atomic E-state index is 12.7. The van der Waals surface area contributed by atoms with E-state index in [4.69, 9.17) is 4.74 Å². The number of rotatable bonds is 5. The van der Waals surface area contributed by atoms with Crippen molar-refractivity contribution < 1.29 is 14.3 Å². The Morgan fingerprint density at radius 1 is 1.04 bits per heavy atom. The van der Waals surface area contributed by atoms with Gasteiger partial charge in [0.15, 0.2) is 0 Å². The van der Waals surface area contributed by atoms with Crippen LogP contribution in [-0.2, 0) is 9.53 Å². The van der Waals surface area contributed by atoms with Crippen molar-refractivity contribution in [1.29, 1.82) is 0 Å². The molecule has 1 aromatic carbocycles. The molecule has 2 aliphatic carbocycles. The summed E-state index contributed by atoms with van der Waals surface area (Å²) in [6, 6.07) is 7.89. The predicted octanol–water partition coefficient (Wildman–Crippen LogP) is 2.94. The molecule has 2 amide bonds. The van der Waals surface area contributed by atoms with Crippen LogP contribution in [0.4, 0.5) is 5.69 Å². The van der Waals surface area contributed by atoms with Crippen LogP contribution >= 0.6 is 0 Å². The van der Waals surface area contributed by atoms with Gasteiger partial charge in [0.2, 0.25) is 5.91 Å². The number of amides is 2. The monoisotopic (exact) mass is 385 g/mol. The van der Waals surface area contributed by atoms with Crippen molar-refractivity contribution in [2.45, 2.75) is 69.6 Å². The van der Waals surface area contributed by atoms with Crippen LogP contribution in [0.2, 0.25) is 0 Å². The Labute approximate surface area is 167 Å². The number of nitrogens with one attached hydrogen (secondary N) is 2. The third-order valence-corrected chi connectivity index (χ3v) is 6.33. The average Bonchev–Trinajstić information content (AvgIpc) is 3.21. The Morgan fingerprint density at radius 2 is 1.79 bits per heavy atom. The van der Waals surface area contributed by atoms with Crippen LogP contribution < -0.4 is 10.6 Å². The minimum absolute atomic E-state index is 0.0626. The molecule has 1 heterocycles. The summed E-state index contributed by atoms with van der Waals surface area (Å²) in [4.78, 5) is 27.7. The van der Waals surface area contributed by atoms with Gasteiger partial charge in [-0.15, -0.1) is 0 Å². The van der Waals surface area contributed by atoms with Gasteiger partial charge in [-0.05, 0) is 37.8 Å². The molecule has 1 saturated heterocycles. The summed E-state index contributed by atoms with van der Waals surface area (Å²) in [5.74, 6) is -0.158. The molecular formula is C22H31N3O3. The lowest BCUT2D eigenvalue weighted by Gasteiger charge is -2.43. The minimum atomic E-state index is -0.0958. The number of nitrogens with zero attached hydrogens (tertiary/aromatic N) is 1. The van der Waals surface area contributed by atoms with Crippen LogP contribution in [0.1, 0.15) is 61.7 Å². The van der Waals surface area contributed by atoms with Crippen molar-refractivity contribution in [3.63, 3.8) is 0 Å². The van der Waals surface area contributed by atoms with Crippen molar-refractivity contribution in [3.8, 4) is 0 Å². The highest BCUT2D eigenvalue weighted by Crippen LogP contribution is 2.28. The van der Waals surface area contributed by atoms with Crippen LogP contribution in [0.3, 0.4) is 0 Å². The molecule has 2 saturated carbocycles. The summed E-state index contributed by atoms with van der Waals surface area (Å²) in [6.07, 6.45) is 9.29. The van der Waals surface area contributed by atoms with E-state index in [1.54, 1.807) is 6.07 Å². The number of para-hydroxylation sites is 1. The number of benzene rings is 1. The molecule has 4 rings (SSSR count). The summed E-state index contributed by atoms with van der Waals surface area (Å²) in [5, 5.41) is 6.09. The third kappa shape index (κ3) is 4.55. The maximum Gasteiger partial charge on any atom is 0.253 e. The number of carbonyl (C=O) groups is 2. The van der Waals surface area contributed by atoms with Gasteiger partial charge in [0.25, 0.3) is 5.91 Å². The van der Waals surface area contributed by atoms with Gasteiger partial charge < -0.3 is 15.4 Å². The van der Waals surface area contributed by atoms with Gasteiger partial charge in [-0.2, -0.15) is 0 Å². The van der Waals surface area contributed by atoms with E-state index in [0.29, 0.717) is 30.4 Å². The van der Waals surface area contributed by atoms with E-state index in [-0.39, 0.29) is 24.0 Å². The fourth-order valence-corrected chi connectivity index (χ4v) is 4.87. The number of ether oxygens (including phenoxy) is 1. The quantitative estimate of drug-likeness (QED) is 0.818. The average molecular weight is 386 g/mol. The normalized spacial score (nSPS) is 25.9. The van der Waals surface area contributed by atoms with Crippen molar-refractivity contribution in [2.24, 2.45) is 0 Å². The molecule has 1 aromatic rings. The molecule has 0 bridgehead atoms. The summed E-state index contributed by atoms with van der Waals surface area (Å²) in [5.41, 5.74) is 1.14. The first-order valence-corrected chi connectivity index (χ1v) is 10.8. The third-order valence-electron chi connectivity index (χ3n) is 6.33. The van der Waals surface area contributed by atoms with Gasteiger partial charge in [0, 0.05) is 18.6 Å². The van der Waals surface area contributed by atoms with E-state index >= 15 is 0 Å². The Balaban J connectivity index is 1.38. The van der Waals surface area contributed by atoms with Crippen molar-refractivity contribution in [3.05, 3.63) is 29.8 Å². The second kappa shape index (κ2) is 9.05. The summed E-state index contributed by atoms with van der Waals surface area (Å²) in [7, 11) is 0. The summed E-state index contributed by atoms with van der Waals surface area (Å²) < 4.78 is 5.90. The molecular weight excluding hydrogens is 354 g/mol. The first kappa shape index (κ1) is 19.4. The van der Waals surface area contributed by atoms with E-state index in [1.807, 2.05) is 18.2 Å². The smallest absolute Gasteiger partial charge is 0.253 e. The Bertz CT molecular complexity index is 700. The number of hydrogen-bond acceptors (Lipinski definition) is 4. The predicted molar refractivity (Wildman–Crippen MR) is 108 cm³/mol. The zero-order valence-electron chi connectivity index (χ0n) is 16.5. The highest BCUT2D eigenvalue weighted by atomic mass is 16.5.